The topological polar surface area (TPSA) is 108 Å². The normalized spacial score (nSPS) is 13.5. The van der Waals surface area contributed by atoms with E-state index >= 15 is 0 Å². The first-order valence-electron chi connectivity index (χ1n) is 30.4. The van der Waals surface area contributed by atoms with Crippen LogP contribution in [0.2, 0.25) is 0 Å². The van der Waals surface area contributed by atoms with Gasteiger partial charge in [0.05, 0.1) is 34.4 Å². The molecular weight excluding hydrogens is 935 g/mol. The van der Waals surface area contributed by atoms with E-state index in [2.05, 4.69) is 111 Å². The number of allylic oxidation sites excluding steroid dienone is 16. The molecule has 1 N–H and O–H groups in total. The lowest BCUT2D eigenvalue weighted by molar-refractivity contribution is -0.870. The predicted octanol–water partition coefficient (Wildman–Crippen LogP) is 18.1. The van der Waals surface area contributed by atoms with E-state index in [9.17, 15) is 19.5 Å². The highest BCUT2D eigenvalue weighted by Gasteiger charge is 2.25. The van der Waals surface area contributed by atoms with Crippen molar-refractivity contribution in [1.29, 1.82) is 0 Å². The van der Waals surface area contributed by atoms with Crippen LogP contribution in [0.5, 0.6) is 0 Å². The second-order valence-electron chi connectivity index (χ2n) is 21.3. The van der Waals surface area contributed by atoms with Crippen molar-refractivity contribution < 1.29 is 42.9 Å². The van der Waals surface area contributed by atoms with Gasteiger partial charge in [-0.3, -0.25) is 9.59 Å². The van der Waals surface area contributed by atoms with Gasteiger partial charge < -0.3 is 28.5 Å². The van der Waals surface area contributed by atoms with E-state index in [0.717, 1.165) is 89.9 Å². The van der Waals surface area contributed by atoms with Crippen molar-refractivity contribution in [3.05, 3.63) is 97.2 Å². The number of nitrogens with zero attached hydrogens (tertiary/aromatic N) is 1. The molecule has 0 amide bonds. The number of hydrogen-bond donors (Lipinski definition) is 1. The summed E-state index contributed by atoms with van der Waals surface area (Å²) < 4.78 is 22.9. The predicted molar refractivity (Wildman–Crippen MR) is 318 cm³/mol. The average Bonchev–Trinajstić information content (AvgIpc) is 3.38. The van der Waals surface area contributed by atoms with Gasteiger partial charge in [0.2, 0.25) is 0 Å². The van der Waals surface area contributed by atoms with Crippen LogP contribution in [0, 0.1) is 0 Å². The van der Waals surface area contributed by atoms with E-state index in [1.807, 2.05) is 21.1 Å². The van der Waals surface area contributed by atoms with Gasteiger partial charge in [-0.2, -0.15) is 0 Å². The zero-order chi connectivity index (χ0) is 54.8. The Labute approximate surface area is 461 Å². The largest absolute Gasteiger partial charge is 0.477 e. The second kappa shape index (κ2) is 56.4. The Morgan fingerprint density at radius 1 is 0.413 bits per heavy atom. The molecule has 0 saturated heterocycles. The van der Waals surface area contributed by atoms with Crippen molar-refractivity contribution >= 4 is 17.9 Å². The fourth-order valence-electron chi connectivity index (χ4n) is 8.21. The van der Waals surface area contributed by atoms with E-state index in [-0.39, 0.29) is 32.2 Å². The van der Waals surface area contributed by atoms with E-state index in [0.29, 0.717) is 23.9 Å². The van der Waals surface area contributed by atoms with Crippen LogP contribution in [0.1, 0.15) is 245 Å². The van der Waals surface area contributed by atoms with E-state index in [1.54, 1.807) is 0 Å². The highest BCUT2D eigenvalue weighted by atomic mass is 16.7. The Kier molecular flexibility index (Phi) is 53.6. The number of esters is 2. The molecule has 2 unspecified atom stereocenters. The number of hydrogen-bond acceptors (Lipinski definition) is 7. The molecule has 0 aromatic rings. The number of carboxylic acid groups (broad SMARTS) is 1. The van der Waals surface area contributed by atoms with Gasteiger partial charge >= 0.3 is 17.9 Å². The number of unbranched alkanes of at least 4 members (excludes halogenated alkanes) is 24. The second-order valence-corrected chi connectivity index (χ2v) is 21.3. The third-order valence-electron chi connectivity index (χ3n) is 12.9. The monoisotopic (exact) mass is 1050 g/mol. The number of ether oxygens (including phenoxy) is 4. The molecule has 0 aliphatic rings. The Bertz CT molecular complexity index is 1550. The summed E-state index contributed by atoms with van der Waals surface area (Å²) in [6.07, 6.45) is 73.5. The summed E-state index contributed by atoms with van der Waals surface area (Å²) in [7, 11) is 5.96. The van der Waals surface area contributed by atoms with Crippen LogP contribution in [0.25, 0.3) is 0 Å². The SMILES string of the molecule is CC/C=C\C/C=C\C/C=C\C/C=C\C/C=C\C/C=C\C/C=C\C/C=C\CCCCCCCCCCCCCCC(=O)OC(COC(=O)CCCCCCCCCCCCCCC)COC(OCC[N+](C)(C)C)C(=O)O. The van der Waals surface area contributed by atoms with Gasteiger partial charge in [0.1, 0.15) is 13.2 Å². The number of carboxylic acids is 1. The number of likely N-dealkylation sites (N-methyl/N-ethyl adjacent to an activating group) is 1. The molecule has 0 bridgehead atoms. The molecule has 0 aliphatic carbocycles. The van der Waals surface area contributed by atoms with Gasteiger partial charge in [-0.1, -0.05) is 252 Å². The number of quaternary nitrogens is 1. The zero-order valence-electron chi connectivity index (χ0n) is 48.9. The lowest BCUT2D eigenvalue weighted by atomic mass is 10.0. The van der Waals surface area contributed by atoms with E-state index in [1.165, 1.54) is 122 Å². The highest BCUT2D eigenvalue weighted by Crippen LogP contribution is 2.16. The van der Waals surface area contributed by atoms with Crippen LogP contribution in [-0.2, 0) is 33.3 Å². The Morgan fingerprint density at radius 2 is 0.760 bits per heavy atom. The van der Waals surface area contributed by atoms with Crippen LogP contribution in [0.15, 0.2) is 97.2 Å². The molecule has 9 heteroatoms. The van der Waals surface area contributed by atoms with Crippen molar-refractivity contribution in [2.24, 2.45) is 0 Å². The smallest absolute Gasteiger partial charge is 0.361 e. The molecule has 0 rings (SSSR count). The number of carbonyl (C=O) groups is 3. The van der Waals surface area contributed by atoms with Gasteiger partial charge in [-0.25, -0.2) is 4.79 Å². The molecule has 0 saturated carbocycles. The zero-order valence-corrected chi connectivity index (χ0v) is 48.9. The van der Waals surface area contributed by atoms with Gasteiger partial charge in [-0.05, 0) is 77.0 Å². The molecule has 0 spiro atoms. The minimum atomic E-state index is -1.51. The standard InChI is InChI=1S/C66H113NO8/c1-6-8-10-12-14-16-18-20-21-22-23-24-25-26-27-28-29-30-31-32-33-34-35-36-37-38-39-40-41-42-43-45-47-49-51-53-55-57-64(69)75-62(61-74-66(65(70)71)72-59-58-67(3,4)5)60-73-63(68)56-54-52-50-48-46-44-19-17-15-13-11-9-7-2/h8,10,14,16,20-21,23-24,26-27,29-30,32-33,35-36,62,66H,6-7,9,11-13,15,17-19,22,25,28,31,34,37-61H2,1-5H3/p+1/b10-8-,16-14-,21-20-,24-23-,27-26-,30-29-,33-32-,36-35-. The highest BCUT2D eigenvalue weighted by molar-refractivity contribution is 5.71. The molecule has 9 nitrogen and oxygen atoms in total. The minimum Gasteiger partial charge on any atom is -0.477 e. The van der Waals surface area contributed by atoms with Crippen molar-refractivity contribution in [1.82, 2.24) is 0 Å². The summed E-state index contributed by atoms with van der Waals surface area (Å²) in [6.45, 7) is 4.76. The molecular formula is C66H114NO8+. The maximum atomic E-state index is 12.9. The van der Waals surface area contributed by atoms with E-state index in [4.69, 9.17) is 18.9 Å². The van der Waals surface area contributed by atoms with Gasteiger partial charge in [0.25, 0.3) is 6.29 Å². The number of carbonyl (C=O) groups excluding carboxylic acids is 2. The van der Waals surface area contributed by atoms with Gasteiger partial charge in [0, 0.05) is 12.8 Å². The first-order valence-corrected chi connectivity index (χ1v) is 30.4. The molecule has 2 atom stereocenters. The molecule has 75 heavy (non-hydrogen) atoms. The van der Waals surface area contributed by atoms with Gasteiger partial charge in [0.15, 0.2) is 6.10 Å². The molecule has 0 aromatic heterocycles. The van der Waals surface area contributed by atoms with Gasteiger partial charge in [-0.15, -0.1) is 0 Å². The molecule has 0 radical (unpaired) electrons. The van der Waals surface area contributed by atoms with Crippen LogP contribution in [0.4, 0.5) is 0 Å². The van der Waals surface area contributed by atoms with Crippen molar-refractivity contribution in [3.8, 4) is 0 Å². The number of rotatable bonds is 55. The Balaban J connectivity index is 4.11. The maximum Gasteiger partial charge on any atom is 0.361 e. The molecule has 0 aromatic carbocycles. The summed E-state index contributed by atoms with van der Waals surface area (Å²) in [4.78, 5) is 37.4. The third kappa shape index (κ3) is 57.7. The van der Waals surface area contributed by atoms with Crippen molar-refractivity contribution in [3.63, 3.8) is 0 Å². The first-order chi connectivity index (χ1) is 36.6. The number of aliphatic carboxylic acids is 1. The molecule has 0 aliphatic heterocycles. The van der Waals surface area contributed by atoms with Crippen molar-refractivity contribution in [2.45, 2.75) is 257 Å². The maximum absolute atomic E-state index is 12.9. The van der Waals surface area contributed by atoms with Crippen molar-refractivity contribution in [2.75, 3.05) is 47.5 Å². The quantitative estimate of drug-likeness (QED) is 0.0211. The van der Waals surface area contributed by atoms with E-state index < -0.39 is 24.3 Å². The average molecular weight is 1050 g/mol. The van der Waals surface area contributed by atoms with Crippen LogP contribution >= 0.6 is 0 Å². The molecule has 0 fully saturated rings. The molecule has 430 valence electrons. The Morgan fingerprint density at radius 3 is 1.13 bits per heavy atom. The lowest BCUT2D eigenvalue weighted by Crippen LogP contribution is -2.40. The molecule has 0 heterocycles. The van der Waals surface area contributed by atoms with Crippen LogP contribution < -0.4 is 0 Å². The fraction of sp³-hybridized carbons (Fsp3) is 0.712. The fourth-order valence-corrected chi connectivity index (χ4v) is 8.21. The lowest BCUT2D eigenvalue weighted by Gasteiger charge is -2.25. The third-order valence-corrected chi connectivity index (χ3v) is 12.9. The Hall–Kier alpha value is -3.79. The van der Waals surface area contributed by atoms with Crippen LogP contribution in [0.3, 0.4) is 0 Å². The van der Waals surface area contributed by atoms with Crippen LogP contribution in [-0.4, -0.2) is 87.4 Å². The summed E-state index contributed by atoms with van der Waals surface area (Å²) in [5.41, 5.74) is 0. The summed E-state index contributed by atoms with van der Waals surface area (Å²) in [5, 5.41) is 9.69. The summed E-state index contributed by atoms with van der Waals surface area (Å²) in [5.74, 6) is -2.01. The summed E-state index contributed by atoms with van der Waals surface area (Å²) >= 11 is 0. The minimum absolute atomic E-state index is 0.183. The first kappa shape index (κ1) is 71.2. The summed E-state index contributed by atoms with van der Waals surface area (Å²) in [6, 6.07) is 0.